The van der Waals surface area contributed by atoms with Crippen LogP contribution in [0.4, 0.5) is 5.69 Å². The van der Waals surface area contributed by atoms with Crippen LogP contribution in [-0.2, 0) is 4.74 Å². The molecule has 3 aromatic rings. The second-order valence-corrected chi connectivity index (χ2v) is 5.51. The molecule has 0 aliphatic heterocycles. The number of nitrogens with zero attached hydrogens (tertiary/aromatic N) is 1. The summed E-state index contributed by atoms with van der Waals surface area (Å²) in [5, 5.41) is 0. The molecule has 0 saturated heterocycles. The first kappa shape index (κ1) is 16.7. The summed E-state index contributed by atoms with van der Waals surface area (Å²) >= 11 is 0. The third-order valence-corrected chi connectivity index (χ3v) is 3.76. The highest BCUT2D eigenvalue weighted by Crippen LogP contribution is 2.19. The highest BCUT2D eigenvalue weighted by molar-refractivity contribution is 5.90. The Morgan fingerprint density at radius 2 is 1.52 bits per heavy atom. The van der Waals surface area contributed by atoms with Gasteiger partial charge in [-0.15, -0.1) is 0 Å². The van der Waals surface area contributed by atoms with Crippen molar-refractivity contribution in [2.24, 2.45) is 4.99 Å². The molecule has 0 radical (unpaired) electrons. The molecule has 0 atom stereocenters. The molecule has 0 amide bonds. The van der Waals surface area contributed by atoms with E-state index < -0.39 is 0 Å². The summed E-state index contributed by atoms with van der Waals surface area (Å²) in [7, 11) is 0. The smallest absolute Gasteiger partial charge is 0.338 e. The van der Waals surface area contributed by atoms with Gasteiger partial charge in [0.05, 0.1) is 17.9 Å². The number of esters is 1. The van der Waals surface area contributed by atoms with Gasteiger partial charge < -0.3 is 4.74 Å². The van der Waals surface area contributed by atoms with Crippen molar-refractivity contribution in [3.8, 4) is 11.1 Å². The number of aliphatic imine (C=N–C) groups is 1. The summed E-state index contributed by atoms with van der Waals surface area (Å²) in [5.41, 5.74) is 4.72. The molecule has 25 heavy (non-hydrogen) atoms. The molecule has 124 valence electrons. The number of benzene rings is 3. The van der Waals surface area contributed by atoms with Gasteiger partial charge in [-0.25, -0.2) is 4.79 Å². The average Bonchev–Trinajstić information content (AvgIpc) is 2.68. The Labute approximate surface area is 147 Å². The van der Waals surface area contributed by atoms with Crippen LogP contribution in [0.3, 0.4) is 0 Å². The van der Waals surface area contributed by atoms with Crippen LogP contribution in [0.25, 0.3) is 11.1 Å². The van der Waals surface area contributed by atoms with Crippen molar-refractivity contribution in [1.82, 2.24) is 0 Å². The van der Waals surface area contributed by atoms with Crippen molar-refractivity contribution in [2.75, 3.05) is 6.61 Å². The van der Waals surface area contributed by atoms with E-state index in [0.717, 1.165) is 11.3 Å². The number of carbonyl (C=O) groups is 1. The van der Waals surface area contributed by atoms with Gasteiger partial charge in [0, 0.05) is 6.21 Å². The SMILES string of the molecule is CCOC(=O)c1ccc(N=Cc2ccc(-c3ccccc3)cc2)cc1. The fourth-order valence-corrected chi connectivity index (χ4v) is 2.44. The van der Waals surface area contributed by atoms with Gasteiger partial charge in [-0.3, -0.25) is 4.99 Å². The normalized spacial score (nSPS) is 10.8. The maximum absolute atomic E-state index is 11.6. The predicted molar refractivity (Wildman–Crippen MR) is 102 cm³/mol. The fraction of sp³-hybridized carbons (Fsp3) is 0.0909. The van der Waals surface area contributed by atoms with Crippen molar-refractivity contribution < 1.29 is 9.53 Å². The molecule has 3 heteroatoms. The number of ether oxygens (including phenoxy) is 1. The minimum absolute atomic E-state index is 0.311. The number of carbonyl (C=O) groups excluding carboxylic acids is 1. The van der Waals surface area contributed by atoms with Crippen molar-refractivity contribution >= 4 is 17.9 Å². The zero-order valence-electron chi connectivity index (χ0n) is 14.1. The van der Waals surface area contributed by atoms with E-state index in [2.05, 4.69) is 29.3 Å². The van der Waals surface area contributed by atoms with E-state index in [1.807, 2.05) is 36.5 Å². The summed E-state index contributed by atoms with van der Waals surface area (Å²) in [6.07, 6.45) is 1.81. The molecule has 0 spiro atoms. The minimum atomic E-state index is -0.311. The molecular weight excluding hydrogens is 310 g/mol. The molecule has 0 aromatic heterocycles. The van der Waals surface area contributed by atoms with Crippen molar-refractivity contribution in [2.45, 2.75) is 6.92 Å². The van der Waals surface area contributed by atoms with E-state index in [4.69, 9.17) is 4.74 Å². The lowest BCUT2D eigenvalue weighted by Gasteiger charge is -2.02. The molecule has 0 aliphatic carbocycles. The third kappa shape index (κ3) is 4.42. The van der Waals surface area contributed by atoms with Crippen LogP contribution < -0.4 is 0 Å². The number of rotatable bonds is 5. The van der Waals surface area contributed by atoms with Crippen LogP contribution in [0.5, 0.6) is 0 Å². The Bertz CT molecular complexity index is 851. The molecule has 0 aliphatic rings. The van der Waals surface area contributed by atoms with Gasteiger partial charge in [0.1, 0.15) is 0 Å². The van der Waals surface area contributed by atoms with Gasteiger partial charge in [-0.05, 0) is 47.9 Å². The van der Waals surface area contributed by atoms with Gasteiger partial charge in [0.2, 0.25) is 0 Å². The van der Waals surface area contributed by atoms with E-state index in [-0.39, 0.29) is 5.97 Å². The van der Waals surface area contributed by atoms with Crippen molar-refractivity contribution in [3.05, 3.63) is 90.0 Å². The van der Waals surface area contributed by atoms with E-state index >= 15 is 0 Å². The summed E-state index contributed by atoms with van der Waals surface area (Å²) in [4.78, 5) is 16.1. The summed E-state index contributed by atoms with van der Waals surface area (Å²) in [6, 6.07) is 25.6. The second kappa shape index (κ2) is 8.06. The quantitative estimate of drug-likeness (QED) is 0.472. The molecule has 0 bridgehead atoms. The van der Waals surface area contributed by atoms with E-state index in [1.165, 1.54) is 11.1 Å². The second-order valence-electron chi connectivity index (χ2n) is 5.51. The van der Waals surface area contributed by atoms with Crippen LogP contribution in [0, 0.1) is 0 Å². The average molecular weight is 329 g/mol. The molecule has 3 rings (SSSR count). The molecular formula is C22H19NO2. The van der Waals surface area contributed by atoms with Gasteiger partial charge in [0.25, 0.3) is 0 Å². The standard InChI is InChI=1S/C22H19NO2/c1-2-25-22(24)20-12-14-21(15-13-20)23-16-17-8-10-19(11-9-17)18-6-4-3-5-7-18/h3-16H,2H2,1H3. The van der Waals surface area contributed by atoms with Crippen LogP contribution in [-0.4, -0.2) is 18.8 Å². The third-order valence-electron chi connectivity index (χ3n) is 3.76. The van der Waals surface area contributed by atoms with E-state index in [9.17, 15) is 4.79 Å². The van der Waals surface area contributed by atoms with Crippen molar-refractivity contribution in [3.63, 3.8) is 0 Å². The summed E-state index contributed by atoms with van der Waals surface area (Å²) in [5.74, 6) is -0.311. The first-order valence-corrected chi connectivity index (χ1v) is 8.23. The predicted octanol–water partition coefficient (Wildman–Crippen LogP) is 5.28. The molecule has 3 aromatic carbocycles. The monoisotopic (exact) mass is 329 g/mol. The molecule has 0 N–H and O–H groups in total. The summed E-state index contributed by atoms with van der Waals surface area (Å²) in [6.45, 7) is 2.16. The minimum Gasteiger partial charge on any atom is -0.462 e. The first-order valence-electron chi connectivity index (χ1n) is 8.23. The molecule has 0 saturated carbocycles. The Balaban J connectivity index is 1.68. The van der Waals surface area contributed by atoms with Crippen LogP contribution in [0.2, 0.25) is 0 Å². The van der Waals surface area contributed by atoms with Crippen LogP contribution in [0.15, 0.2) is 83.9 Å². The van der Waals surface area contributed by atoms with Gasteiger partial charge >= 0.3 is 5.97 Å². The molecule has 0 heterocycles. The molecule has 3 nitrogen and oxygen atoms in total. The van der Waals surface area contributed by atoms with Crippen LogP contribution in [0.1, 0.15) is 22.8 Å². The van der Waals surface area contributed by atoms with Gasteiger partial charge in [-0.2, -0.15) is 0 Å². The lowest BCUT2D eigenvalue weighted by atomic mass is 10.0. The van der Waals surface area contributed by atoms with E-state index in [1.54, 1.807) is 31.2 Å². The largest absolute Gasteiger partial charge is 0.462 e. The lowest BCUT2D eigenvalue weighted by molar-refractivity contribution is 0.0526. The fourth-order valence-electron chi connectivity index (χ4n) is 2.44. The first-order chi connectivity index (χ1) is 12.3. The number of hydrogen-bond donors (Lipinski definition) is 0. The highest BCUT2D eigenvalue weighted by atomic mass is 16.5. The Morgan fingerprint density at radius 3 is 2.16 bits per heavy atom. The maximum atomic E-state index is 11.6. The Hall–Kier alpha value is -3.20. The van der Waals surface area contributed by atoms with Crippen molar-refractivity contribution in [1.29, 1.82) is 0 Å². The highest BCUT2D eigenvalue weighted by Gasteiger charge is 2.04. The van der Waals surface area contributed by atoms with Gasteiger partial charge in [0.15, 0.2) is 0 Å². The zero-order chi connectivity index (χ0) is 17.5. The van der Waals surface area contributed by atoms with Crippen LogP contribution >= 0.6 is 0 Å². The number of hydrogen-bond acceptors (Lipinski definition) is 3. The topological polar surface area (TPSA) is 38.7 Å². The lowest BCUT2D eigenvalue weighted by Crippen LogP contribution is -2.03. The Kier molecular flexibility index (Phi) is 5.37. The molecule has 0 unspecified atom stereocenters. The molecule has 0 fully saturated rings. The maximum Gasteiger partial charge on any atom is 0.338 e. The Morgan fingerprint density at radius 1 is 0.880 bits per heavy atom. The van der Waals surface area contributed by atoms with E-state index in [0.29, 0.717) is 12.2 Å². The zero-order valence-corrected chi connectivity index (χ0v) is 14.1. The summed E-state index contributed by atoms with van der Waals surface area (Å²) < 4.78 is 4.97. The van der Waals surface area contributed by atoms with Gasteiger partial charge in [-0.1, -0.05) is 54.6 Å².